The Balaban J connectivity index is 1.07. The number of amides is 1. The number of halogens is 3. The highest BCUT2D eigenvalue weighted by Crippen LogP contribution is 2.57. The summed E-state index contributed by atoms with van der Waals surface area (Å²) in [5, 5.41) is 12.8. The first-order valence-electron chi connectivity index (χ1n) is 12.2. The third-order valence-electron chi connectivity index (χ3n) is 7.44. The number of imidazole rings is 1. The Morgan fingerprint density at radius 1 is 1.16 bits per heavy atom. The van der Waals surface area contributed by atoms with Gasteiger partial charge in [0.2, 0.25) is 5.95 Å². The predicted molar refractivity (Wildman–Crippen MR) is 127 cm³/mol. The molecule has 196 valence electrons. The highest BCUT2D eigenvalue weighted by atomic mass is 19.1. The van der Waals surface area contributed by atoms with E-state index in [9.17, 15) is 13.6 Å². The standard InChI is InChI=1S/C25H22F3N7O3/c26-14-3-13(4-15(27)5-14)16-7-20-29-1-2-35(20)23(30-16)31-19-6-17(33-34-19)22-21(28)18(11-37-22)38-24(36)32-25-8-12(9-25)10-25/h1-7,12,18,21-22H,8-11H2,(H,32,36)(H2,30,31,33,34)/t12?,18-,21+,22-,25?/m1/s1. The van der Waals surface area contributed by atoms with Crippen molar-refractivity contribution in [3.63, 3.8) is 0 Å². The number of alkyl halides is 1. The number of hydrogen-bond donors (Lipinski definition) is 3. The lowest BCUT2D eigenvalue weighted by Crippen LogP contribution is -2.68. The molecule has 2 bridgehead atoms. The molecule has 38 heavy (non-hydrogen) atoms. The minimum Gasteiger partial charge on any atom is -0.441 e. The van der Waals surface area contributed by atoms with Crippen LogP contribution in [0.25, 0.3) is 16.9 Å². The van der Waals surface area contributed by atoms with Gasteiger partial charge in [-0.05, 0) is 37.3 Å². The molecule has 4 aromatic rings. The monoisotopic (exact) mass is 525 g/mol. The topological polar surface area (TPSA) is 118 Å². The molecule has 3 saturated carbocycles. The molecule has 3 atom stereocenters. The number of aromatic amines is 1. The van der Waals surface area contributed by atoms with Crippen molar-refractivity contribution in [1.82, 2.24) is 29.9 Å². The lowest BCUT2D eigenvalue weighted by Gasteiger charge is -2.61. The van der Waals surface area contributed by atoms with Gasteiger partial charge in [-0.2, -0.15) is 5.10 Å². The lowest BCUT2D eigenvalue weighted by molar-refractivity contribution is -0.0528. The maximum Gasteiger partial charge on any atom is 0.408 e. The number of rotatable bonds is 6. The average Bonchev–Trinajstić information content (AvgIpc) is 3.56. The third-order valence-corrected chi connectivity index (χ3v) is 7.44. The second-order valence-corrected chi connectivity index (χ2v) is 10.1. The second kappa shape index (κ2) is 8.45. The van der Waals surface area contributed by atoms with E-state index in [-0.39, 0.29) is 23.7 Å². The van der Waals surface area contributed by atoms with Gasteiger partial charge in [0.25, 0.3) is 0 Å². The van der Waals surface area contributed by atoms with Gasteiger partial charge in [-0.3, -0.25) is 9.50 Å². The van der Waals surface area contributed by atoms with Crippen LogP contribution in [-0.4, -0.2) is 55.1 Å². The quantitative estimate of drug-likeness (QED) is 0.345. The number of nitrogens with one attached hydrogen (secondary N) is 3. The van der Waals surface area contributed by atoms with Gasteiger partial charge < -0.3 is 20.1 Å². The summed E-state index contributed by atoms with van der Waals surface area (Å²) in [5.74, 6) is -0.195. The number of carbonyl (C=O) groups excluding carboxylic acids is 1. The van der Waals surface area contributed by atoms with Gasteiger partial charge in [-0.15, -0.1) is 0 Å². The molecule has 3 aromatic heterocycles. The first kappa shape index (κ1) is 23.0. The number of hydrogen-bond acceptors (Lipinski definition) is 7. The molecule has 1 aromatic carbocycles. The van der Waals surface area contributed by atoms with Crippen LogP contribution in [-0.2, 0) is 9.47 Å². The molecule has 8 rings (SSSR count). The van der Waals surface area contributed by atoms with E-state index in [1.807, 2.05) is 0 Å². The molecule has 3 N–H and O–H groups in total. The summed E-state index contributed by atoms with van der Waals surface area (Å²) < 4.78 is 55.3. The highest BCUT2D eigenvalue weighted by Gasteiger charge is 2.58. The number of H-pyrrole nitrogens is 1. The highest BCUT2D eigenvalue weighted by molar-refractivity contribution is 5.69. The van der Waals surface area contributed by atoms with E-state index < -0.39 is 36.1 Å². The third kappa shape index (κ3) is 3.93. The van der Waals surface area contributed by atoms with E-state index in [2.05, 4.69) is 30.8 Å². The molecular formula is C25H22F3N7O3. The molecule has 0 radical (unpaired) electrons. The van der Waals surface area contributed by atoms with Crippen LogP contribution in [0.5, 0.6) is 0 Å². The van der Waals surface area contributed by atoms with E-state index in [0.717, 1.165) is 25.3 Å². The SMILES string of the molecule is O=C(NC12CC(C1)C2)O[C@@H]1CO[C@H](c2cc(Nc3nc(-c4cc(F)cc(F)c4)cc4nccn34)n[nH]2)[C@H]1F. The number of benzene rings is 1. The molecule has 4 fully saturated rings. The van der Waals surface area contributed by atoms with Crippen molar-refractivity contribution in [3.8, 4) is 11.3 Å². The van der Waals surface area contributed by atoms with Crippen LogP contribution < -0.4 is 10.6 Å². The van der Waals surface area contributed by atoms with Crippen LogP contribution in [0.3, 0.4) is 0 Å². The molecule has 1 amide bonds. The van der Waals surface area contributed by atoms with Crippen LogP contribution in [0.1, 0.15) is 31.1 Å². The minimum absolute atomic E-state index is 0.0832. The zero-order valence-corrected chi connectivity index (χ0v) is 19.8. The van der Waals surface area contributed by atoms with Gasteiger partial charge in [0, 0.05) is 41.7 Å². The number of aromatic nitrogens is 5. The zero-order valence-electron chi connectivity index (χ0n) is 19.8. The summed E-state index contributed by atoms with van der Waals surface area (Å²) in [5.41, 5.74) is 1.20. The number of anilines is 2. The molecule has 3 aliphatic carbocycles. The first-order chi connectivity index (χ1) is 18.3. The molecule has 0 spiro atoms. The van der Waals surface area contributed by atoms with Crippen molar-refractivity contribution >= 4 is 23.5 Å². The van der Waals surface area contributed by atoms with Crippen LogP contribution in [0, 0.1) is 17.6 Å². The molecule has 1 aliphatic heterocycles. The van der Waals surface area contributed by atoms with Crippen molar-refractivity contribution in [2.24, 2.45) is 5.92 Å². The number of nitrogens with zero attached hydrogens (tertiary/aromatic N) is 4. The van der Waals surface area contributed by atoms with Gasteiger partial charge in [0.05, 0.1) is 18.0 Å². The summed E-state index contributed by atoms with van der Waals surface area (Å²) in [6.45, 7) is -0.0832. The second-order valence-electron chi connectivity index (χ2n) is 10.1. The van der Waals surface area contributed by atoms with Crippen molar-refractivity contribution in [3.05, 3.63) is 60.1 Å². The van der Waals surface area contributed by atoms with E-state index in [0.29, 0.717) is 28.8 Å². The number of ether oxygens (including phenoxy) is 2. The summed E-state index contributed by atoms with van der Waals surface area (Å²) in [6, 6.07) is 6.28. The molecule has 4 heterocycles. The number of alkyl carbamates (subject to hydrolysis) is 1. The fourth-order valence-electron chi connectivity index (χ4n) is 5.47. The Labute approximate surface area is 213 Å². The number of fused-ring (bicyclic) bond motifs is 1. The Bertz CT molecular complexity index is 1520. The molecule has 10 nitrogen and oxygen atoms in total. The summed E-state index contributed by atoms with van der Waals surface area (Å²) in [7, 11) is 0. The summed E-state index contributed by atoms with van der Waals surface area (Å²) >= 11 is 0. The van der Waals surface area contributed by atoms with Gasteiger partial charge >= 0.3 is 6.09 Å². The summed E-state index contributed by atoms with van der Waals surface area (Å²) in [4.78, 5) is 21.0. The van der Waals surface area contributed by atoms with Gasteiger partial charge in [-0.1, -0.05) is 0 Å². The average molecular weight is 525 g/mol. The smallest absolute Gasteiger partial charge is 0.408 e. The van der Waals surface area contributed by atoms with Crippen molar-refractivity contribution in [1.29, 1.82) is 0 Å². The van der Waals surface area contributed by atoms with E-state index in [1.165, 1.54) is 12.1 Å². The Morgan fingerprint density at radius 3 is 2.68 bits per heavy atom. The summed E-state index contributed by atoms with van der Waals surface area (Å²) in [6.07, 6.45) is 1.82. The maximum absolute atomic E-state index is 15.2. The van der Waals surface area contributed by atoms with Crippen LogP contribution in [0.15, 0.2) is 42.7 Å². The van der Waals surface area contributed by atoms with Crippen molar-refractivity contribution < 1.29 is 27.4 Å². The van der Waals surface area contributed by atoms with E-state index in [4.69, 9.17) is 9.47 Å². The predicted octanol–water partition coefficient (Wildman–Crippen LogP) is 4.20. The Hall–Kier alpha value is -4.13. The van der Waals surface area contributed by atoms with Gasteiger partial charge in [-0.25, -0.2) is 27.9 Å². The van der Waals surface area contributed by atoms with E-state index in [1.54, 1.807) is 28.9 Å². The maximum atomic E-state index is 15.2. The fourth-order valence-corrected chi connectivity index (χ4v) is 5.47. The van der Waals surface area contributed by atoms with Crippen molar-refractivity contribution in [2.45, 2.75) is 43.2 Å². The normalized spacial score (nSPS) is 27.6. The largest absolute Gasteiger partial charge is 0.441 e. The van der Waals surface area contributed by atoms with Gasteiger partial charge in [0.15, 0.2) is 18.1 Å². The van der Waals surface area contributed by atoms with Crippen LogP contribution >= 0.6 is 0 Å². The molecule has 1 saturated heterocycles. The molecule has 4 aliphatic rings. The fraction of sp³-hybridized carbons (Fsp3) is 0.360. The minimum atomic E-state index is -1.59. The zero-order chi connectivity index (χ0) is 26.0. The first-order valence-corrected chi connectivity index (χ1v) is 12.2. The van der Waals surface area contributed by atoms with E-state index >= 15 is 4.39 Å². The Kier molecular flexibility index (Phi) is 5.12. The van der Waals surface area contributed by atoms with Gasteiger partial charge in [0.1, 0.15) is 23.4 Å². The Morgan fingerprint density at radius 2 is 1.95 bits per heavy atom. The lowest BCUT2D eigenvalue weighted by atomic mass is 9.50. The molecule has 13 heteroatoms. The van der Waals surface area contributed by atoms with Crippen LogP contribution in [0.4, 0.5) is 29.7 Å². The van der Waals surface area contributed by atoms with Crippen LogP contribution in [0.2, 0.25) is 0 Å². The molecular weight excluding hydrogens is 503 g/mol. The number of carbonyl (C=O) groups is 1. The molecule has 0 unspecified atom stereocenters. The van der Waals surface area contributed by atoms with Crippen molar-refractivity contribution in [2.75, 3.05) is 11.9 Å².